The first-order valence-corrected chi connectivity index (χ1v) is 6.97. The standard InChI is InChI=1S/C15H13BrN2O/c16-14-3-10(6-17-9-14)4-15(19)11-1-2-12-7-18-8-13(12)5-11/h1-3,5-6,9,18H,4,7-8H2. The minimum Gasteiger partial charge on any atom is -0.309 e. The van der Waals surface area contributed by atoms with E-state index in [1.165, 1.54) is 11.1 Å². The molecule has 1 N–H and O–H groups in total. The molecule has 0 spiro atoms. The molecule has 4 heteroatoms. The second kappa shape index (κ2) is 5.23. The molecule has 0 aliphatic carbocycles. The summed E-state index contributed by atoms with van der Waals surface area (Å²) in [5.41, 5.74) is 4.24. The zero-order valence-electron chi connectivity index (χ0n) is 10.3. The molecule has 0 radical (unpaired) electrons. The van der Waals surface area contributed by atoms with Crippen LogP contribution in [-0.2, 0) is 19.5 Å². The summed E-state index contributed by atoms with van der Waals surface area (Å²) < 4.78 is 0.899. The number of Topliss-reactive ketones (excluding diaryl/α,β-unsaturated/α-hetero) is 1. The van der Waals surface area contributed by atoms with E-state index < -0.39 is 0 Å². The van der Waals surface area contributed by atoms with Crippen molar-refractivity contribution in [1.29, 1.82) is 0 Å². The van der Waals surface area contributed by atoms with Gasteiger partial charge in [0.25, 0.3) is 0 Å². The molecule has 3 rings (SSSR count). The van der Waals surface area contributed by atoms with Crippen LogP contribution in [0.3, 0.4) is 0 Å². The molecule has 1 aliphatic rings. The van der Waals surface area contributed by atoms with Crippen molar-refractivity contribution in [3.05, 3.63) is 63.4 Å². The molecule has 0 saturated heterocycles. The van der Waals surface area contributed by atoms with Gasteiger partial charge in [-0.15, -0.1) is 0 Å². The van der Waals surface area contributed by atoms with Crippen LogP contribution in [0.2, 0.25) is 0 Å². The third kappa shape index (κ3) is 2.74. The van der Waals surface area contributed by atoms with Gasteiger partial charge in [-0.25, -0.2) is 0 Å². The van der Waals surface area contributed by atoms with Gasteiger partial charge in [-0.3, -0.25) is 9.78 Å². The molecular formula is C15H13BrN2O. The van der Waals surface area contributed by atoms with Gasteiger partial charge in [-0.1, -0.05) is 12.1 Å². The van der Waals surface area contributed by atoms with Gasteiger partial charge >= 0.3 is 0 Å². The van der Waals surface area contributed by atoms with Crippen molar-refractivity contribution in [2.75, 3.05) is 0 Å². The first-order chi connectivity index (χ1) is 9.22. The molecule has 1 aliphatic heterocycles. The van der Waals surface area contributed by atoms with Crippen molar-refractivity contribution in [1.82, 2.24) is 10.3 Å². The quantitative estimate of drug-likeness (QED) is 0.885. The monoisotopic (exact) mass is 316 g/mol. The van der Waals surface area contributed by atoms with Crippen molar-refractivity contribution in [2.45, 2.75) is 19.5 Å². The molecule has 1 aromatic carbocycles. The lowest BCUT2D eigenvalue weighted by Gasteiger charge is -2.04. The van der Waals surface area contributed by atoms with Gasteiger partial charge in [-0.2, -0.15) is 0 Å². The molecule has 3 nitrogen and oxygen atoms in total. The van der Waals surface area contributed by atoms with Gasteiger partial charge in [0.05, 0.1) is 0 Å². The summed E-state index contributed by atoms with van der Waals surface area (Å²) in [6.07, 6.45) is 3.84. The van der Waals surface area contributed by atoms with Crippen LogP contribution < -0.4 is 5.32 Å². The molecule has 0 unspecified atom stereocenters. The number of pyridine rings is 1. The van der Waals surface area contributed by atoms with Crippen LogP contribution >= 0.6 is 15.9 Å². The summed E-state index contributed by atoms with van der Waals surface area (Å²) in [6.45, 7) is 1.76. The van der Waals surface area contributed by atoms with Crippen LogP contribution in [0.1, 0.15) is 27.0 Å². The molecular weight excluding hydrogens is 304 g/mol. The Morgan fingerprint density at radius 1 is 1.21 bits per heavy atom. The summed E-state index contributed by atoms with van der Waals surface area (Å²) >= 11 is 3.37. The summed E-state index contributed by atoms with van der Waals surface area (Å²) in [4.78, 5) is 16.3. The number of halogens is 1. The number of aromatic nitrogens is 1. The molecule has 0 saturated carbocycles. The molecule has 0 fully saturated rings. The molecule has 96 valence electrons. The van der Waals surface area contributed by atoms with Gasteiger partial charge in [-0.05, 0) is 44.8 Å². The maximum absolute atomic E-state index is 12.3. The van der Waals surface area contributed by atoms with E-state index in [2.05, 4.69) is 26.2 Å². The van der Waals surface area contributed by atoms with Crippen molar-refractivity contribution < 1.29 is 4.79 Å². The van der Waals surface area contributed by atoms with Gasteiger partial charge in [0.1, 0.15) is 0 Å². The van der Waals surface area contributed by atoms with Crippen molar-refractivity contribution in [3.63, 3.8) is 0 Å². The van der Waals surface area contributed by atoms with Crippen LogP contribution in [0.15, 0.2) is 41.1 Å². The Bertz CT molecular complexity index is 640. The lowest BCUT2D eigenvalue weighted by molar-refractivity contribution is 0.0993. The lowest BCUT2D eigenvalue weighted by Crippen LogP contribution is -2.05. The maximum atomic E-state index is 12.3. The Morgan fingerprint density at radius 2 is 2.05 bits per heavy atom. The predicted molar refractivity (Wildman–Crippen MR) is 77.0 cm³/mol. The molecule has 0 atom stereocenters. The fourth-order valence-electron chi connectivity index (χ4n) is 2.31. The highest BCUT2D eigenvalue weighted by Crippen LogP contribution is 2.19. The SMILES string of the molecule is O=C(Cc1cncc(Br)c1)c1ccc2c(c1)CNC2. The fourth-order valence-corrected chi connectivity index (χ4v) is 2.72. The normalized spacial score (nSPS) is 13.3. The number of fused-ring (bicyclic) bond motifs is 1. The highest BCUT2D eigenvalue weighted by molar-refractivity contribution is 9.10. The van der Waals surface area contributed by atoms with Crippen LogP contribution in [0, 0.1) is 0 Å². The molecule has 2 aromatic rings. The molecule has 1 aromatic heterocycles. The molecule has 0 amide bonds. The zero-order chi connectivity index (χ0) is 13.2. The lowest BCUT2D eigenvalue weighted by atomic mass is 10.00. The van der Waals surface area contributed by atoms with E-state index in [1.807, 2.05) is 24.3 Å². The first-order valence-electron chi connectivity index (χ1n) is 6.17. The second-order valence-corrected chi connectivity index (χ2v) is 5.61. The Hall–Kier alpha value is -1.52. The summed E-state index contributed by atoms with van der Waals surface area (Å²) in [6, 6.07) is 7.89. The third-order valence-corrected chi connectivity index (χ3v) is 3.72. The van der Waals surface area contributed by atoms with Crippen LogP contribution in [0.25, 0.3) is 0 Å². The smallest absolute Gasteiger partial charge is 0.167 e. The minimum atomic E-state index is 0.134. The number of rotatable bonds is 3. The molecule has 19 heavy (non-hydrogen) atoms. The summed E-state index contributed by atoms with van der Waals surface area (Å²) in [5.74, 6) is 0.134. The van der Waals surface area contributed by atoms with E-state index in [9.17, 15) is 4.79 Å². The first kappa shape index (κ1) is 12.5. The van der Waals surface area contributed by atoms with E-state index in [1.54, 1.807) is 12.4 Å². The van der Waals surface area contributed by atoms with E-state index in [4.69, 9.17) is 0 Å². The van der Waals surface area contributed by atoms with Crippen LogP contribution in [0.5, 0.6) is 0 Å². The summed E-state index contributed by atoms with van der Waals surface area (Å²) in [7, 11) is 0. The van der Waals surface area contributed by atoms with Gasteiger partial charge in [0.2, 0.25) is 0 Å². The van der Waals surface area contributed by atoms with Gasteiger partial charge in [0.15, 0.2) is 5.78 Å². The molecule has 0 bridgehead atoms. The van der Waals surface area contributed by atoms with E-state index in [0.717, 1.165) is 28.7 Å². The van der Waals surface area contributed by atoms with Crippen LogP contribution in [-0.4, -0.2) is 10.8 Å². The van der Waals surface area contributed by atoms with Gasteiger partial charge in [0, 0.05) is 41.9 Å². The number of nitrogens with one attached hydrogen (secondary N) is 1. The Balaban J connectivity index is 1.81. The number of ketones is 1. The number of carbonyl (C=O) groups excluding carboxylic acids is 1. The van der Waals surface area contributed by atoms with Crippen molar-refractivity contribution >= 4 is 21.7 Å². The largest absolute Gasteiger partial charge is 0.309 e. The highest BCUT2D eigenvalue weighted by atomic mass is 79.9. The second-order valence-electron chi connectivity index (χ2n) is 4.70. The van der Waals surface area contributed by atoms with E-state index >= 15 is 0 Å². The topological polar surface area (TPSA) is 42.0 Å². The average Bonchev–Trinajstić information content (AvgIpc) is 2.85. The number of carbonyl (C=O) groups is 1. The van der Waals surface area contributed by atoms with E-state index in [0.29, 0.717) is 6.42 Å². The maximum Gasteiger partial charge on any atom is 0.167 e. The summed E-state index contributed by atoms with van der Waals surface area (Å²) in [5, 5.41) is 3.28. The van der Waals surface area contributed by atoms with Crippen LogP contribution in [0.4, 0.5) is 0 Å². The number of benzene rings is 1. The third-order valence-electron chi connectivity index (χ3n) is 3.29. The zero-order valence-corrected chi connectivity index (χ0v) is 11.9. The highest BCUT2D eigenvalue weighted by Gasteiger charge is 2.14. The number of hydrogen-bond acceptors (Lipinski definition) is 3. The minimum absolute atomic E-state index is 0.134. The number of hydrogen-bond donors (Lipinski definition) is 1. The Kier molecular flexibility index (Phi) is 3.44. The fraction of sp³-hybridized carbons (Fsp3) is 0.200. The number of nitrogens with zero attached hydrogens (tertiary/aromatic N) is 1. The van der Waals surface area contributed by atoms with Gasteiger partial charge < -0.3 is 5.32 Å². The molecule has 2 heterocycles. The van der Waals surface area contributed by atoms with E-state index in [-0.39, 0.29) is 5.78 Å². The van der Waals surface area contributed by atoms with Crippen molar-refractivity contribution in [3.8, 4) is 0 Å². The van der Waals surface area contributed by atoms with Crippen molar-refractivity contribution in [2.24, 2.45) is 0 Å². The Morgan fingerprint density at radius 3 is 2.89 bits per heavy atom. The average molecular weight is 317 g/mol. The predicted octanol–water partition coefficient (Wildman–Crippen LogP) is 2.87. The Labute approximate surface area is 120 Å².